The number of rotatable bonds is 11. The third kappa shape index (κ3) is 8.80. The number of fused-ring (bicyclic) bond motifs is 1. The molecule has 0 amide bonds. The Morgan fingerprint density at radius 1 is 1.07 bits per heavy atom. The average molecular weight is 644 g/mol. The van der Waals surface area contributed by atoms with Gasteiger partial charge in [-0.1, -0.05) is 63.4 Å². The van der Waals surface area contributed by atoms with Crippen LogP contribution >= 0.6 is 23.1 Å². The molecule has 1 unspecified atom stereocenters. The summed E-state index contributed by atoms with van der Waals surface area (Å²) in [6, 6.07) is 21.1. The lowest BCUT2D eigenvalue weighted by atomic mass is 10.0. The molecular weight excluding hydrogens is 607 g/mol. The van der Waals surface area contributed by atoms with Crippen molar-refractivity contribution < 1.29 is 28.8 Å². The summed E-state index contributed by atoms with van der Waals surface area (Å²) in [4.78, 5) is 18.9. The molecule has 0 saturated heterocycles. The van der Waals surface area contributed by atoms with Gasteiger partial charge in [0.05, 0.1) is 22.6 Å². The summed E-state index contributed by atoms with van der Waals surface area (Å²) in [7, 11) is 1.65. The number of hydrogen-bond donors (Lipinski definition) is 1. The van der Waals surface area contributed by atoms with Gasteiger partial charge in [0.1, 0.15) is 40.4 Å². The second-order valence-corrected chi connectivity index (χ2v) is 11.9. The van der Waals surface area contributed by atoms with Gasteiger partial charge in [-0.15, -0.1) is 11.3 Å². The normalized spacial score (nSPS) is 13.8. The highest BCUT2D eigenvalue weighted by molar-refractivity contribution is 8.03. The number of benzene rings is 3. The van der Waals surface area contributed by atoms with Crippen molar-refractivity contribution in [2.24, 2.45) is 0 Å². The molecule has 234 valence electrons. The van der Waals surface area contributed by atoms with Crippen LogP contribution in [0.1, 0.15) is 42.1 Å². The summed E-state index contributed by atoms with van der Waals surface area (Å²) in [5, 5.41) is 9.71. The zero-order chi connectivity index (χ0) is 32.3. The van der Waals surface area contributed by atoms with Crippen LogP contribution in [-0.2, 0) is 11.4 Å². The zero-order valence-electron chi connectivity index (χ0n) is 26.0. The maximum atomic E-state index is 10.8. The lowest BCUT2D eigenvalue weighted by molar-refractivity contribution is -0.139. The molecule has 0 spiro atoms. The monoisotopic (exact) mass is 643 g/mol. The molecule has 5 rings (SSSR count). The van der Waals surface area contributed by atoms with Crippen molar-refractivity contribution in [3.05, 3.63) is 118 Å². The molecule has 2 heterocycles. The Bertz CT molecular complexity index is 1690. The van der Waals surface area contributed by atoms with Crippen molar-refractivity contribution in [2.45, 2.75) is 45.1 Å². The molecule has 1 aliphatic rings. The van der Waals surface area contributed by atoms with E-state index in [1.54, 1.807) is 42.3 Å². The maximum absolute atomic E-state index is 10.8. The average Bonchev–Trinajstić information content (AvgIpc) is 3.49. The number of para-hydroxylation sites is 1. The molecule has 3 aromatic carbocycles. The van der Waals surface area contributed by atoms with E-state index in [1.165, 1.54) is 0 Å². The van der Waals surface area contributed by atoms with E-state index in [1.807, 2.05) is 87.5 Å². The second kappa shape index (κ2) is 16.0. The summed E-state index contributed by atoms with van der Waals surface area (Å²) < 4.78 is 22.7. The van der Waals surface area contributed by atoms with Crippen LogP contribution in [0.4, 0.5) is 0 Å². The summed E-state index contributed by atoms with van der Waals surface area (Å²) in [6.07, 6.45) is 6.22. The summed E-state index contributed by atoms with van der Waals surface area (Å²) >= 11 is 3.25. The molecule has 0 bridgehead atoms. The third-order valence-electron chi connectivity index (χ3n) is 6.56. The van der Waals surface area contributed by atoms with Crippen molar-refractivity contribution in [3.63, 3.8) is 0 Å². The highest BCUT2D eigenvalue weighted by atomic mass is 32.2. The number of carbonyl (C=O) groups is 1. The zero-order valence-corrected chi connectivity index (χ0v) is 27.7. The van der Waals surface area contributed by atoms with Crippen LogP contribution in [0.25, 0.3) is 11.3 Å². The van der Waals surface area contributed by atoms with E-state index in [4.69, 9.17) is 29.0 Å². The molecule has 9 heteroatoms. The van der Waals surface area contributed by atoms with E-state index in [9.17, 15) is 4.79 Å². The minimum atomic E-state index is -1.02. The van der Waals surface area contributed by atoms with E-state index < -0.39 is 12.6 Å². The largest absolute Gasteiger partial charge is 0.497 e. The number of aryl methyl sites for hydroxylation is 1. The molecule has 4 aromatic rings. The minimum Gasteiger partial charge on any atom is -0.497 e. The number of nitrogens with zero attached hydrogens (tertiary/aromatic N) is 1. The van der Waals surface area contributed by atoms with Gasteiger partial charge in [-0.3, -0.25) is 0 Å². The van der Waals surface area contributed by atoms with Crippen LogP contribution in [0.2, 0.25) is 0 Å². The van der Waals surface area contributed by atoms with Gasteiger partial charge in [0.25, 0.3) is 0 Å². The quantitative estimate of drug-likeness (QED) is 0.173. The van der Waals surface area contributed by atoms with Gasteiger partial charge < -0.3 is 24.1 Å². The number of hydrogen-bond acceptors (Lipinski definition) is 8. The maximum Gasteiger partial charge on any atom is 0.341 e. The smallest absolute Gasteiger partial charge is 0.341 e. The fourth-order valence-electron chi connectivity index (χ4n) is 4.36. The van der Waals surface area contributed by atoms with Crippen molar-refractivity contribution in [1.82, 2.24) is 4.98 Å². The number of carboxylic acids is 1. The molecule has 7 nitrogen and oxygen atoms in total. The number of aliphatic carboxylic acids is 1. The van der Waals surface area contributed by atoms with E-state index in [0.717, 1.165) is 48.0 Å². The molecular formula is C36H37NO6S2. The van der Waals surface area contributed by atoms with Crippen molar-refractivity contribution >= 4 is 29.1 Å². The van der Waals surface area contributed by atoms with Crippen LogP contribution < -0.4 is 18.9 Å². The Kier molecular flexibility index (Phi) is 11.9. The Balaban J connectivity index is 0.00000226. The van der Waals surface area contributed by atoms with Gasteiger partial charge in [-0.05, 0) is 73.2 Å². The van der Waals surface area contributed by atoms with Gasteiger partial charge in [0.15, 0.2) is 6.61 Å². The Morgan fingerprint density at radius 3 is 2.51 bits per heavy atom. The topological polar surface area (TPSA) is 87.1 Å². The number of allylic oxidation sites excluding steroid dienone is 3. The Morgan fingerprint density at radius 2 is 1.80 bits per heavy atom. The first-order valence-electron chi connectivity index (χ1n) is 14.5. The molecule has 0 fully saturated rings. The van der Waals surface area contributed by atoms with E-state index in [0.29, 0.717) is 17.3 Å². The van der Waals surface area contributed by atoms with Gasteiger partial charge in [-0.25, -0.2) is 9.78 Å². The van der Waals surface area contributed by atoms with Gasteiger partial charge >= 0.3 is 5.97 Å². The Hall–Kier alpha value is -4.47. The highest BCUT2D eigenvalue weighted by Crippen LogP contribution is 2.43. The van der Waals surface area contributed by atoms with Gasteiger partial charge in [0, 0.05) is 16.4 Å². The lowest BCUT2D eigenvalue weighted by Crippen LogP contribution is -2.10. The van der Waals surface area contributed by atoms with Gasteiger partial charge in [0.2, 0.25) is 0 Å². The standard InChI is InChI=1S/C34H31NO6S2.C2H6/c1-21(8-7-11-29-23(3)41-28-9-5-6-10-30(28)42-29)34-33(24-12-14-25(38-4)15-13-24)35-31(43-34)19-39-26-16-17-27(22(2)18-26)40-20-32(36)37;1-2/h5-18,21H,3,19-20H2,1-2,4H3,(H,36,37);1-2H3/b8-7-,29-11+;. The fraction of sp³-hybridized carbons (Fsp3) is 0.222. The number of thioether (sulfide) groups is 1. The number of methoxy groups -OCH3 is 1. The molecule has 45 heavy (non-hydrogen) atoms. The fourth-order valence-corrected chi connectivity index (χ4v) is 6.29. The van der Waals surface area contributed by atoms with Crippen molar-refractivity contribution in [3.8, 4) is 34.3 Å². The van der Waals surface area contributed by atoms with Crippen molar-refractivity contribution in [2.75, 3.05) is 13.7 Å². The minimum absolute atomic E-state index is 0.0724. The van der Waals surface area contributed by atoms with Crippen LogP contribution in [0, 0.1) is 6.92 Å². The predicted molar refractivity (Wildman–Crippen MR) is 182 cm³/mol. The van der Waals surface area contributed by atoms with Crippen LogP contribution in [0.3, 0.4) is 0 Å². The molecule has 1 atom stereocenters. The van der Waals surface area contributed by atoms with E-state index in [-0.39, 0.29) is 12.5 Å². The van der Waals surface area contributed by atoms with Gasteiger partial charge in [-0.2, -0.15) is 0 Å². The molecule has 1 aliphatic heterocycles. The summed E-state index contributed by atoms with van der Waals surface area (Å²) in [5.41, 5.74) is 2.69. The third-order valence-corrected chi connectivity index (χ3v) is 8.93. The second-order valence-electron chi connectivity index (χ2n) is 9.73. The number of carboxylic acid groups (broad SMARTS) is 1. The molecule has 0 radical (unpaired) electrons. The number of ether oxygens (including phenoxy) is 4. The summed E-state index contributed by atoms with van der Waals surface area (Å²) in [5.74, 6) is 2.45. The first-order valence-corrected chi connectivity index (χ1v) is 16.2. The molecule has 0 saturated carbocycles. The first-order chi connectivity index (χ1) is 21.8. The lowest BCUT2D eigenvalue weighted by Gasteiger charge is -2.20. The van der Waals surface area contributed by atoms with Crippen LogP contribution in [0.5, 0.6) is 23.0 Å². The number of thiazole rings is 1. The van der Waals surface area contributed by atoms with E-state index in [2.05, 4.69) is 19.6 Å². The molecule has 1 N–H and O–H groups in total. The predicted octanol–water partition coefficient (Wildman–Crippen LogP) is 9.44. The van der Waals surface area contributed by atoms with Crippen LogP contribution in [-0.4, -0.2) is 29.8 Å². The molecule has 1 aromatic heterocycles. The SMILES string of the molecule is C=C1Oc2ccccc2S/C1=C/C=C\C(C)c1sc(COc2ccc(OCC(=O)O)c(C)c2)nc1-c1ccc(OC)cc1.CC. The number of aromatic nitrogens is 1. The first kappa shape index (κ1) is 33.4. The highest BCUT2D eigenvalue weighted by Gasteiger charge is 2.19. The molecule has 0 aliphatic carbocycles. The van der Waals surface area contributed by atoms with Crippen LogP contribution in [0.15, 0.2) is 107 Å². The Labute approximate surface area is 272 Å². The van der Waals surface area contributed by atoms with E-state index >= 15 is 0 Å². The summed E-state index contributed by atoms with van der Waals surface area (Å²) in [6.45, 7) is 12.0. The van der Waals surface area contributed by atoms with Crippen molar-refractivity contribution in [1.29, 1.82) is 0 Å².